The quantitative estimate of drug-likeness (QED) is 0.146. The van der Waals surface area contributed by atoms with Gasteiger partial charge in [0, 0.05) is 26.7 Å². The Kier molecular flexibility index (Phi) is 8.82. The van der Waals surface area contributed by atoms with Crippen LogP contribution < -0.4 is 10.6 Å². The van der Waals surface area contributed by atoms with Gasteiger partial charge in [0.1, 0.15) is 12.1 Å². The lowest BCUT2D eigenvalue weighted by molar-refractivity contribution is -0.00298. The number of nitrogens with one attached hydrogen (secondary N) is 2. The molecular formula is C32H29FN6O3S. The number of hydrogen-bond acceptors (Lipinski definition) is 7. The number of amides is 2. The zero-order valence-electron chi connectivity index (χ0n) is 23.7. The summed E-state index contributed by atoms with van der Waals surface area (Å²) in [6, 6.07) is 23.8. The SMILES string of the molecule is CC(C)c1ccc2c(Nc3cc(C(=O)N(F)C(C)c4ccccc4)ccc3Sc3ccc(NC(=O)O)cc3)ncnc2n1. The first-order valence-electron chi connectivity index (χ1n) is 13.5. The van der Waals surface area contributed by atoms with Crippen LogP contribution in [0.5, 0.6) is 0 Å². The third-order valence-electron chi connectivity index (χ3n) is 6.74. The number of hydrogen-bond donors (Lipinski definition) is 3. The summed E-state index contributed by atoms with van der Waals surface area (Å²) in [4.78, 5) is 39.2. The standard InChI is InChI=1S/C32H29FN6O3S/c1-19(2)26-15-14-25-29(37-26)34-18-35-30(25)38-27-17-22(31(40)39(33)20(3)21-7-5-4-6-8-21)9-16-28(27)43-24-12-10-23(11-13-24)36-32(41)42/h4-20,36H,1-3H3,(H,41,42)(H,34,35,37,38). The van der Waals surface area contributed by atoms with Crippen LogP contribution in [-0.2, 0) is 0 Å². The molecule has 11 heteroatoms. The van der Waals surface area contributed by atoms with Crippen LogP contribution in [0.4, 0.5) is 26.5 Å². The Labute approximate surface area is 252 Å². The normalized spacial score (nSPS) is 11.7. The fraction of sp³-hybridized carbons (Fsp3) is 0.156. The topological polar surface area (TPSA) is 120 Å². The van der Waals surface area contributed by atoms with Gasteiger partial charge < -0.3 is 10.4 Å². The van der Waals surface area contributed by atoms with Crippen LogP contribution in [-0.4, -0.2) is 37.2 Å². The minimum atomic E-state index is -1.15. The molecule has 0 fully saturated rings. The van der Waals surface area contributed by atoms with E-state index in [4.69, 9.17) is 5.11 Å². The number of aromatic nitrogens is 3. The minimum Gasteiger partial charge on any atom is -0.465 e. The average Bonchev–Trinajstić information content (AvgIpc) is 3.01. The third kappa shape index (κ3) is 6.90. The molecule has 0 radical (unpaired) electrons. The van der Waals surface area contributed by atoms with Crippen molar-refractivity contribution in [3.05, 3.63) is 108 Å². The summed E-state index contributed by atoms with van der Waals surface area (Å²) >= 11 is 1.39. The van der Waals surface area contributed by atoms with Gasteiger partial charge in [-0.3, -0.25) is 10.1 Å². The highest BCUT2D eigenvalue weighted by Crippen LogP contribution is 2.37. The molecule has 0 aliphatic carbocycles. The Morgan fingerprint density at radius 1 is 0.930 bits per heavy atom. The van der Waals surface area contributed by atoms with Gasteiger partial charge in [0.15, 0.2) is 5.65 Å². The zero-order chi connectivity index (χ0) is 30.5. The number of benzene rings is 3. The Morgan fingerprint density at radius 2 is 1.67 bits per heavy atom. The van der Waals surface area contributed by atoms with Gasteiger partial charge in [-0.15, -0.1) is 0 Å². The first-order chi connectivity index (χ1) is 20.7. The van der Waals surface area contributed by atoms with E-state index >= 15 is 4.48 Å². The number of fused-ring (bicyclic) bond motifs is 1. The van der Waals surface area contributed by atoms with E-state index in [1.54, 1.807) is 73.7 Å². The highest BCUT2D eigenvalue weighted by molar-refractivity contribution is 7.99. The van der Waals surface area contributed by atoms with E-state index in [0.717, 1.165) is 15.5 Å². The summed E-state index contributed by atoms with van der Waals surface area (Å²) < 4.78 is 15.4. The van der Waals surface area contributed by atoms with Gasteiger partial charge in [-0.25, -0.2) is 19.7 Å². The van der Waals surface area contributed by atoms with Gasteiger partial charge in [0.05, 0.1) is 17.1 Å². The van der Waals surface area contributed by atoms with E-state index in [2.05, 4.69) is 39.4 Å². The highest BCUT2D eigenvalue weighted by Gasteiger charge is 2.24. The van der Waals surface area contributed by atoms with Gasteiger partial charge >= 0.3 is 6.09 Å². The number of halogens is 1. The predicted octanol–water partition coefficient (Wildman–Crippen LogP) is 8.22. The minimum absolute atomic E-state index is 0.150. The van der Waals surface area contributed by atoms with E-state index in [1.807, 2.05) is 18.2 Å². The van der Waals surface area contributed by atoms with Crippen LogP contribution in [0.2, 0.25) is 0 Å². The van der Waals surface area contributed by atoms with E-state index in [-0.39, 0.29) is 16.6 Å². The summed E-state index contributed by atoms with van der Waals surface area (Å²) in [5.41, 5.74) is 3.21. The molecule has 1 unspecified atom stereocenters. The maximum Gasteiger partial charge on any atom is 0.409 e. The number of carbonyl (C=O) groups is 2. The Balaban J connectivity index is 1.50. The van der Waals surface area contributed by atoms with Crippen LogP contribution in [0.25, 0.3) is 11.0 Å². The first kappa shape index (κ1) is 29.5. The van der Waals surface area contributed by atoms with Crippen LogP contribution in [0.3, 0.4) is 0 Å². The maximum atomic E-state index is 15.4. The van der Waals surface area contributed by atoms with Crippen LogP contribution in [0.1, 0.15) is 54.3 Å². The maximum absolute atomic E-state index is 15.4. The van der Waals surface area contributed by atoms with Crippen molar-refractivity contribution in [2.45, 2.75) is 42.5 Å². The molecule has 2 amide bonds. The van der Waals surface area contributed by atoms with E-state index in [9.17, 15) is 9.59 Å². The lowest BCUT2D eigenvalue weighted by atomic mass is 10.1. The van der Waals surface area contributed by atoms with Crippen molar-refractivity contribution in [3.63, 3.8) is 0 Å². The van der Waals surface area contributed by atoms with Crippen molar-refractivity contribution in [1.29, 1.82) is 0 Å². The molecule has 0 aliphatic heterocycles. The van der Waals surface area contributed by atoms with E-state index in [0.29, 0.717) is 33.8 Å². The number of pyridine rings is 1. The van der Waals surface area contributed by atoms with Crippen molar-refractivity contribution in [3.8, 4) is 0 Å². The van der Waals surface area contributed by atoms with Crippen molar-refractivity contribution in [2.24, 2.45) is 0 Å². The Morgan fingerprint density at radius 3 is 2.37 bits per heavy atom. The van der Waals surface area contributed by atoms with Crippen molar-refractivity contribution in [2.75, 3.05) is 10.6 Å². The van der Waals surface area contributed by atoms with Crippen molar-refractivity contribution >= 4 is 52.0 Å². The molecule has 2 heterocycles. The second-order valence-corrected chi connectivity index (χ2v) is 11.2. The van der Waals surface area contributed by atoms with E-state index < -0.39 is 18.0 Å². The largest absolute Gasteiger partial charge is 0.465 e. The summed E-state index contributed by atoms with van der Waals surface area (Å²) in [7, 11) is 0. The Bertz CT molecular complexity index is 1770. The van der Waals surface area contributed by atoms with Crippen LogP contribution in [0, 0.1) is 0 Å². The molecule has 43 heavy (non-hydrogen) atoms. The fourth-order valence-electron chi connectivity index (χ4n) is 4.37. The average molecular weight is 597 g/mol. The summed E-state index contributed by atoms with van der Waals surface area (Å²) in [5, 5.41) is 15.5. The second kappa shape index (κ2) is 12.9. The molecular weight excluding hydrogens is 567 g/mol. The van der Waals surface area contributed by atoms with E-state index in [1.165, 1.54) is 18.1 Å². The second-order valence-electron chi connectivity index (χ2n) is 10.1. The number of nitrogens with zero attached hydrogens (tertiary/aromatic N) is 4. The molecule has 3 aromatic carbocycles. The zero-order valence-corrected chi connectivity index (χ0v) is 24.5. The lowest BCUT2D eigenvalue weighted by Gasteiger charge is -2.21. The van der Waals surface area contributed by atoms with Gasteiger partial charge in [0.25, 0.3) is 5.91 Å². The van der Waals surface area contributed by atoms with Gasteiger partial charge in [-0.05, 0) is 73.0 Å². The molecule has 2 aromatic heterocycles. The Hall–Kier alpha value is -5.03. The van der Waals surface area contributed by atoms with Crippen molar-refractivity contribution in [1.82, 2.24) is 20.1 Å². The van der Waals surface area contributed by atoms with Gasteiger partial charge in [-0.1, -0.05) is 60.4 Å². The fourth-order valence-corrected chi connectivity index (χ4v) is 5.26. The third-order valence-corrected chi connectivity index (χ3v) is 7.82. The smallest absolute Gasteiger partial charge is 0.409 e. The summed E-state index contributed by atoms with van der Waals surface area (Å²) in [6.07, 6.45) is 0.269. The molecule has 1 atom stereocenters. The first-order valence-corrected chi connectivity index (χ1v) is 14.4. The van der Waals surface area contributed by atoms with Crippen molar-refractivity contribution < 1.29 is 19.2 Å². The summed E-state index contributed by atoms with van der Waals surface area (Å²) in [6.45, 7) is 5.74. The van der Waals surface area contributed by atoms with Crippen LogP contribution in [0.15, 0.2) is 101 Å². The molecule has 218 valence electrons. The predicted molar refractivity (Wildman–Crippen MR) is 165 cm³/mol. The molecule has 0 aliphatic rings. The van der Waals surface area contributed by atoms with Crippen LogP contribution >= 0.6 is 11.8 Å². The lowest BCUT2D eigenvalue weighted by Crippen LogP contribution is -2.26. The molecule has 5 aromatic rings. The molecule has 0 saturated carbocycles. The molecule has 0 bridgehead atoms. The molecule has 9 nitrogen and oxygen atoms in total. The molecule has 5 rings (SSSR count). The molecule has 0 saturated heterocycles. The molecule has 3 N–H and O–H groups in total. The molecule has 0 spiro atoms. The number of carboxylic acid groups (broad SMARTS) is 1. The number of carbonyl (C=O) groups excluding carboxylic acids is 1. The highest BCUT2D eigenvalue weighted by atomic mass is 32.2. The van der Waals surface area contributed by atoms with Gasteiger partial charge in [-0.2, -0.15) is 5.12 Å². The summed E-state index contributed by atoms with van der Waals surface area (Å²) in [5.74, 6) is -0.0775. The monoisotopic (exact) mass is 596 g/mol. The number of anilines is 3. The van der Waals surface area contributed by atoms with Gasteiger partial charge in [0.2, 0.25) is 0 Å². The number of rotatable bonds is 9.